The minimum atomic E-state index is 0.144. The summed E-state index contributed by atoms with van der Waals surface area (Å²) in [7, 11) is 0. The fourth-order valence-electron chi connectivity index (χ4n) is 1.81. The van der Waals surface area contributed by atoms with Gasteiger partial charge in [0.2, 0.25) is 0 Å². The van der Waals surface area contributed by atoms with Crippen molar-refractivity contribution in [3.63, 3.8) is 0 Å². The Hall–Kier alpha value is -1.61. The molecule has 18 heavy (non-hydrogen) atoms. The van der Waals surface area contributed by atoms with Crippen molar-refractivity contribution in [2.45, 2.75) is 19.8 Å². The Morgan fingerprint density at radius 2 is 2.11 bits per heavy atom. The second kappa shape index (κ2) is 6.36. The molecule has 2 nitrogen and oxygen atoms in total. The smallest absolute Gasteiger partial charge is 0.166 e. The van der Waals surface area contributed by atoms with Crippen molar-refractivity contribution in [3.05, 3.63) is 52.2 Å². The summed E-state index contributed by atoms with van der Waals surface area (Å²) < 4.78 is 5.48. The van der Waals surface area contributed by atoms with Crippen molar-refractivity contribution < 1.29 is 9.53 Å². The van der Waals surface area contributed by atoms with Crippen LogP contribution in [-0.4, -0.2) is 12.4 Å². The Morgan fingerprint density at radius 3 is 2.83 bits per heavy atom. The van der Waals surface area contributed by atoms with Crippen LogP contribution in [0.1, 0.15) is 29.3 Å². The van der Waals surface area contributed by atoms with E-state index >= 15 is 0 Å². The maximum atomic E-state index is 12.2. The van der Waals surface area contributed by atoms with E-state index in [2.05, 4.69) is 11.4 Å². The van der Waals surface area contributed by atoms with E-state index in [1.165, 1.54) is 5.56 Å². The molecule has 94 valence electrons. The number of carbonyl (C=O) groups is 1. The zero-order valence-corrected chi connectivity index (χ0v) is 11.2. The molecule has 0 saturated heterocycles. The molecule has 3 heteroatoms. The lowest BCUT2D eigenvalue weighted by molar-refractivity contribution is 0.0979. The van der Waals surface area contributed by atoms with Gasteiger partial charge in [0.25, 0.3) is 0 Å². The number of benzene rings is 1. The number of carbonyl (C=O) groups excluding carboxylic acids is 1. The van der Waals surface area contributed by atoms with Crippen LogP contribution in [-0.2, 0) is 6.42 Å². The molecule has 2 aromatic rings. The van der Waals surface area contributed by atoms with Gasteiger partial charge in [-0.05, 0) is 47.9 Å². The molecule has 0 spiro atoms. The molecule has 0 aliphatic heterocycles. The van der Waals surface area contributed by atoms with E-state index in [0.717, 1.165) is 6.42 Å². The molecule has 1 aromatic carbocycles. The van der Waals surface area contributed by atoms with Crippen molar-refractivity contribution in [2.75, 3.05) is 6.61 Å². The topological polar surface area (TPSA) is 26.3 Å². The Balaban J connectivity index is 2.04. The molecule has 0 amide bonds. The number of para-hydroxylation sites is 1. The van der Waals surface area contributed by atoms with Crippen LogP contribution in [0.15, 0.2) is 41.1 Å². The second-order valence-electron chi connectivity index (χ2n) is 3.98. The highest BCUT2D eigenvalue weighted by Gasteiger charge is 2.11. The van der Waals surface area contributed by atoms with Crippen molar-refractivity contribution in [3.8, 4) is 5.75 Å². The number of rotatable bonds is 6. The lowest BCUT2D eigenvalue weighted by atomic mass is 10.0. The fourth-order valence-corrected chi connectivity index (χ4v) is 2.51. The number of hydrogen-bond donors (Lipinski definition) is 0. The Labute approximate surface area is 111 Å². The Morgan fingerprint density at radius 1 is 1.28 bits per heavy atom. The number of ether oxygens (including phenoxy) is 1. The van der Waals surface area contributed by atoms with Crippen LogP contribution >= 0.6 is 11.3 Å². The van der Waals surface area contributed by atoms with Crippen LogP contribution in [0.25, 0.3) is 0 Å². The predicted molar refractivity (Wildman–Crippen MR) is 74.6 cm³/mol. The summed E-state index contributed by atoms with van der Waals surface area (Å²) in [6.07, 6.45) is 1.32. The first-order valence-electron chi connectivity index (χ1n) is 6.07. The largest absolute Gasteiger partial charge is 0.493 e. The van der Waals surface area contributed by atoms with E-state index in [-0.39, 0.29) is 5.78 Å². The summed E-state index contributed by atoms with van der Waals surface area (Å²) in [5.74, 6) is 0.834. The van der Waals surface area contributed by atoms with Crippen LogP contribution in [0.2, 0.25) is 0 Å². The molecular formula is C15H16O2S. The summed E-state index contributed by atoms with van der Waals surface area (Å²) in [6, 6.07) is 9.51. The van der Waals surface area contributed by atoms with E-state index in [1.54, 1.807) is 11.3 Å². The summed E-state index contributed by atoms with van der Waals surface area (Å²) in [5, 5.41) is 4.12. The first-order chi connectivity index (χ1) is 8.81. The minimum Gasteiger partial charge on any atom is -0.493 e. The molecule has 0 N–H and O–H groups in total. The van der Waals surface area contributed by atoms with E-state index in [9.17, 15) is 4.79 Å². The van der Waals surface area contributed by atoms with Crippen molar-refractivity contribution in [2.24, 2.45) is 0 Å². The number of aryl methyl sites for hydroxylation is 1. The fraction of sp³-hybridized carbons (Fsp3) is 0.267. The zero-order valence-electron chi connectivity index (χ0n) is 10.4. The third-order valence-corrected chi connectivity index (χ3v) is 3.44. The highest BCUT2D eigenvalue weighted by molar-refractivity contribution is 7.07. The van der Waals surface area contributed by atoms with E-state index in [0.29, 0.717) is 24.3 Å². The molecule has 0 aliphatic carbocycles. The summed E-state index contributed by atoms with van der Waals surface area (Å²) in [4.78, 5) is 12.2. The molecule has 0 aliphatic rings. The summed E-state index contributed by atoms with van der Waals surface area (Å²) >= 11 is 1.66. The number of hydrogen-bond acceptors (Lipinski definition) is 3. The molecule has 0 radical (unpaired) electrons. The maximum Gasteiger partial charge on any atom is 0.166 e. The molecule has 1 heterocycles. The van der Waals surface area contributed by atoms with Gasteiger partial charge in [0.1, 0.15) is 5.75 Å². The van der Waals surface area contributed by atoms with E-state index in [4.69, 9.17) is 4.74 Å². The monoisotopic (exact) mass is 260 g/mol. The van der Waals surface area contributed by atoms with Crippen molar-refractivity contribution in [1.82, 2.24) is 0 Å². The molecule has 2 rings (SSSR count). The molecule has 0 saturated carbocycles. The zero-order chi connectivity index (χ0) is 12.8. The molecule has 0 atom stereocenters. The molecular weight excluding hydrogens is 244 g/mol. The van der Waals surface area contributed by atoms with Gasteiger partial charge < -0.3 is 4.74 Å². The van der Waals surface area contributed by atoms with E-state index in [1.807, 2.05) is 36.6 Å². The van der Waals surface area contributed by atoms with Crippen molar-refractivity contribution >= 4 is 17.1 Å². The van der Waals surface area contributed by atoms with Gasteiger partial charge in [-0.15, -0.1) is 0 Å². The Bertz CT molecular complexity index is 503. The SMILES string of the molecule is CCOc1ccccc1C(=O)CCc1ccsc1. The average molecular weight is 260 g/mol. The first kappa shape index (κ1) is 12.8. The highest BCUT2D eigenvalue weighted by Crippen LogP contribution is 2.20. The third kappa shape index (κ3) is 3.20. The molecule has 0 bridgehead atoms. The minimum absolute atomic E-state index is 0.144. The molecule has 1 aromatic heterocycles. The normalized spacial score (nSPS) is 10.3. The highest BCUT2D eigenvalue weighted by atomic mass is 32.1. The quantitative estimate of drug-likeness (QED) is 0.735. The van der Waals surface area contributed by atoms with Gasteiger partial charge in [-0.1, -0.05) is 12.1 Å². The maximum absolute atomic E-state index is 12.2. The van der Waals surface area contributed by atoms with Gasteiger partial charge in [-0.25, -0.2) is 0 Å². The van der Waals surface area contributed by atoms with Gasteiger partial charge >= 0.3 is 0 Å². The number of thiophene rings is 1. The van der Waals surface area contributed by atoms with Crippen molar-refractivity contribution in [1.29, 1.82) is 0 Å². The predicted octanol–water partition coefficient (Wildman–Crippen LogP) is 3.96. The lowest BCUT2D eigenvalue weighted by Crippen LogP contribution is -2.04. The first-order valence-corrected chi connectivity index (χ1v) is 7.01. The van der Waals surface area contributed by atoms with Crippen LogP contribution < -0.4 is 4.74 Å². The number of ketones is 1. The Kier molecular flexibility index (Phi) is 4.53. The van der Waals surface area contributed by atoms with Gasteiger partial charge in [-0.3, -0.25) is 4.79 Å². The molecule has 0 unspecified atom stereocenters. The standard InChI is InChI=1S/C15H16O2S/c1-2-17-15-6-4-3-5-13(15)14(16)8-7-12-9-10-18-11-12/h3-6,9-11H,2,7-8H2,1H3. The van der Waals surface area contributed by atoms with Gasteiger partial charge in [0, 0.05) is 6.42 Å². The van der Waals surface area contributed by atoms with Crippen LogP contribution in [0.3, 0.4) is 0 Å². The van der Waals surface area contributed by atoms with Crippen LogP contribution in [0, 0.1) is 0 Å². The van der Waals surface area contributed by atoms with Gasteiger partial charge in [0.05, 0.1) is 12.2 Å². The molecule has 0 fully saturated rings. The van der Waals surface area contributed by atoms with E-state index < -0.39 is 0 Å². The second-order valence-corrected chi connectivity index (χ2v) is 4.76. The summed E-state index contributed by atoms with van der Waals surface area (Å²) in [6.45, 7) is 2.50. The summed E-state index contributed by atoms with van der Waals surface area (Å²) in [5.41, 5.74) is 1.91. The third-order valence-electron chi connectivity index (χ3n) is 2.71. The number of Topliss-reactive ketones (excluding diaryl/α,β-unsaturated/α-hetero) is 1. The van der Waals surface area contributed by atoms with Crippen LogP contribution in [0.4, 0.5) is 0 Å². The average Bonchev–Trinajstić information content (AvgIpc) is 2.90. The van der Waals surface area contributed by atoms with Gasteiger partial charge in [0.15, 0.2) is 5.78 Å². The van der Waals surface area contributed by atoms with Crippen LogP contribution in [0.5, 0.6) is 5.75 Å². The lowest BCUT2D eigenvalue weighted by Gasteiger charge is -2.08. The van der Waals surface area contributed by atoms with Gasteiger partial charge in [-0.2, -0.15) is 11.3 Å².